The van der Waals surface area contributed by atoms with Crippen LogP contribution in [0.15, 0.2) is 53.0 Å². The van der Waals surface area contributed by atoms with Gasteiger partial charge in [0.15, 0.2) is 0 Å². The van der Waals surface area contributed by atoms with Crippen LogP contribution in [0.3, 0.4) is 0 Å². The molecule has 0 unspecified atom stereocenters. The third-order valence-corrected chi connectivity index (χ3v) is 8.54. The third-order valence-electron chi connectivity index (χ3n) is 6.26. The molecular formula is C25H25BrN2OS. The number of nitrogens with one attached hydrogen (secondary N) is 1. The summed E-state index contributed by atoms with van der Waals surface area (Å²) < 4.78 is 1.05. The first-order chi connectivity index (χ1) is 14.6. The largest absolute Gasteiger partial charge is 0.322 e. The van der Waals surface area contributed by atoms with Gasteiger partial charge in [0, 0.05) is 26.5 Å². The lowest BCUT2D eigenvalue weighted by molar-refractivity contribution is 0.195. The van der Waals surface area contributed by atoms with Crippen LogP contribution >= 0.6 is 27.3 Å². The summed E-state index contributed by atoms with van der Waals surface area (Å²) in [5.74, 6) is 0. The van der Waals surface area contributed by atoms with Crippen LogP contribution in [0.25, 0.3) is 0 Å². The Hall–Kier alpha value is -2.11. The SMILES string of the molecule is Cc1cc(NC(=O)N2CCc3c(sc4c3CCCC4)[C@H]2c2ccccc2)ccc1Br. The van der Waals surface area contributed by atoms with Gasteiger partial charge in [0.2, 0.25) is 0 Å². The molecule has 0 saturated carbocycles. The van der Waals surface area contributed by atoms with Gasteiger partial charge < -0.3 is 10.2 Å². The van der Waals surface area contributed by atoms with Gasteiger partial charge in [0.25, 0.3) is 0 Å². The van der Waals surface area contributed by atoms with Gasteiger partial charge in [-0.25, -0.2) is 4.79 Å². The molecule has 2 amide bonds. The van der Waals surface area contributed by atoms with E-state index in [2.05, 4.69) is 45.5 Å². The van der Waals surface area contributed by atoms with Gasteiger partial charge in [0.1, 0.15) is 0 Å². The van der Waals surface area contributed by atoms with Crippen molar-refractivity contribution in [1.82, 2.24) is 4.90 Å². The minimum absolute atomic E-state index is 0.0119. The fourth-order valence-electron chi connectivity index (χ4n) is 4.75. The zero-order chi connectivity index (χ0) is 20.7. The molecule has 0 saturated heterocycles. The summed E-state index contributed by atoms with van der Waals surface area (Å²) in [5.41, 5.74) is 6.25. The minimum Gasteiger partial charge on any atom is -0.312 e. The Kier molecular flexibility index (Phi) is 5.42. The second-order valence-corrected chi connectivity index (χ2v) is 10.2. The van der Waals surface area contributed by atoms with E-state index in [9.17, 15) is 4.79 Å². The maximum atomic E-state index is 13.4. The van der Waals surface area contributed by atoms with Crippen LogP contribution in [0.4, 0.5) is 10.5 Å². The lowest BCUT2D eigenvalue weighted by atomic mass is 9.88. The van der Waals surface area contributed by atoms with E-state index in [1.54, 1.807) is 10.4 Å². The molecular weight excluding hydrogens is 456 g/mol. The highest BCUT2D eigenvalue weighted by Gasteiger charge is 2.36. The molecule has 2 aliphatic rings. The molecule has 2 heterocycles. The fourth-order valence-corrected chi connectivity index (χ4v) is 6.58. The van der Waals surface area contributed by atoms with Crippen LogP contribution < -0.4 is 5.32 Å². The summed E-state index contributed by atoms with van der Waals surface area (Å²) in [6.45, 7) is 2.78. The zero-order valence-electron chi connectivity index (χ0n) is 17.1. The van der Waals surface area contributed by atoms with E-state index in [4.69, 9.17) is 0 Å². The molecule has 1 N–H and O–H groups in total. The first kappa shape index (κ1) is 19.8. The Morgan fingerprint density at radius 2 is 1.87 bits per heavy atom. The highest BCUT2D eigenvalue weighted by Crippen LogP contribution is 2.45. The summed E-state index contributed by atoms with van der Waals surface area (Å²) in [7, 11) is 0. The summed E-state index contributed by atoms with van der Waals surface area (Å²) >= 11 is 5.48. The Balaban J connectivity index is 1.52. The van der Waals surface area contributed by atoms with Gasteiger partial charge in [-0.2, -0.15) is 0 Å². The molecule has 5 heteroatoms. The maximum absolute atomic E-state index is 13.4. The molecule has 0 fully saturated rings. The van der Waals surface area contributed by atoms with Crippen LogP contribution in [0.2, 0.25) is 0 Å². The molecule has 1 aliphatic heterocycles. The van der Waals surface area contributed by atoms with E-state index >= 15 is 0 Å². The predicted molar refractivity (Wildman–Crippen MR) is 128 cm³/mol. The number of aryl methyl sites for hydroxylation is 2. The van der Waals surface area contributed by atoms with Gasteiger partial charge in [0.05, 0.1) is 6.04 Å². The molecule has 1 aliphatic carbocycles. The summed E-state index contributed by atoms with van der Waals surface area (Å²) in [5, 5.41) is 3.14. The van der Waals surface area contributed by atoms with Crippen molar-refractivity contribution in [3.05, 3.63) is 85.0 Å². The van der Waals surface area contributed by atoms with Crippen molar-refractivity contribution in [2.75, 3.05) is 11.9 Å². The molecule has 30 heavy (non-hydrogen) atoms. The lowest BCUT2D eigenvalue weighted by Gasteiger charge is -2.36. The van der Waals surface area contributed by atoms with Gasteiger partial charge >= 0.3 is 6.03 Å². The number of rotatable bonds is 2. The molecule has 0 bridgehead atoms. The average molecular weight is 481 g/mol. The van der Waals surface area contributed by atoms with Crippen LogP contribution in [-0.2, 0) is 19.3 Å². The molecule has 154 valence electrons. The molecule has 5 rings (SSSR count). The van der Waals surface area contributed by atoms with E-state index in [0.29, 0.717) is 0 Å². The number of benzene rings is 2. The van der Waals surface area contributed by atoms with Crippen molar-refractivity contribution in [2.45, 2.75) is 45.1 Å². The fraction of sp³-hybridized carbons (Fsp3) is 0.320. The zero-order valence-corrected chi connectivity index (χ0v) is 19.5. The van der Waals surface area contributed by atoms with Crippen LogP contribution in [0, 0.1) is 6.92 Å². The van der Waals surface area contributed by atoms with Crippen molar-refractivity contribution in [2.24, 2.45) is 0 Å². The Bertz CT molecular complexity index is 1090. The van der Waals surface area contributed by atoms with Crippen LogP contribution in [0.5, 0.6) is 0 Å². The number of thiophene rings is 1. The number of carbonyl (C=O) groups is 1. The molecule has 2 aromatic carbocycles. The van der Waals surface area contributed by atoms with E-state index in [0.717, 1.165) is 28.7 Å². The number of hydrogen-bond acceptors (Lipinski definition) is 2. The smallest absolute Gasteiger partial charge is 0.312 e. The number of fused-ring (bicyclic) bond motifs is 3. The van der Waals surface area contributed by atoms with E-state index in [1.165, 1.54) is 41.7 Å². The standard InChI is InChI=1S/C25H25BrN2OS/c1-16-15-18(11-12-21(16)26)27-25(29)28-14-13-20-19-9-5-6-10-22(19)30-24(20)23(28)17-7-3-2-4-8-17/h2-4,7-8,11-12,15,23H,5-6,9-10,13-14H2,1H3,(H,27,29)/t23-/m1/s1. The highest BCUT2D eigenvalue weighted by molar-refractivity contribution is 9.10. The number of carbonyl (C=O) groups excluding carboxylic acids is 1. The summed E-state index contributed by atoms with van der Waals surface area (Å²) in [4.78, 5) is 18.4. The number of nitrogens with zero attached hydrogens (tertiary/aromatic N) is 1. The number of amides is 2. The van der Waals surface area contributed by atoms with Gasteiger partial charge in [-0.05, 0) is 79.5 Å². The third kappa shape index (κ3) is 3.58. The summed E-state index contributed by atoms with van der Waals surface area (Å²) in [6.07, 6.45) is 5.93. The second-order valence-electron chi connectivity index (χ2n) is 8.20. The van der Waals surface area contributed by atoms with Crippen molar-refractivity contribution in [3.63, 3.8) is 0 Å². The highest BCUT2D eigenvalue weighted by atomic mass is 79.9. The van der Waals surface area contributed by atoms with Crippen molar-refractivity contribution >= 4 is 39.0 Å². The van der Waals surface area contributed by atoms with E-state index < -0.39 is 0 Å². The number of halogens is 1. The topological polar surface area (TPSA) is 32.3 Å². The van der Waals surface area contributed by atoms with Crippen molar-refractivity contribution < 1.29 is 4.79 Å². The van der Waals surface area contributed by atoms with Crippen molar-refractivity contribution in [3.8, 4) is 0 Å². The number of urea groups is 1. The Labute approximate surface area is 190 Å². The van der Waals surface area contributed by atoms with Gasteiger partial charge in [-0.3, -0.25) is 0 Å². The Morgan fingerprint density at radius 1 is 1.07 bits per heavy atom. The van der Waals surface area contributed by atoms with E-state index in [-0.39, 0.29) is 12.1 Å². The quantitative estimate of drug-likeness (QED) is 0.425. The van der Waals surface area contributed by atoms with Crippen LogP contribution in [0.1, 0.15) is 50.9 Å². The molecule has 1 atom stereocenters. The molecule has 3 nitrogen and oxygen atoms in total. The molecule has 3 aromatic rings. The Morgan fingerprint density at radius 3 is 2.67 bits per heavy atom. The van der Waals surface area contributed by atoms with E-state index in [1.807, 2.05) is 47.4 Å². The second kappa shape index (κ2) is 8.20. The average Bonchev–Trinajstić information content (AvgIpc) is 3.15. The molecule has 0 spiro atoms. The lowest BCUT2D eigenvalue weighted by Crippen LogP contribution is -2.42. The summed E-state index contributed by atoms with van der Waals surface area (Å²) in [6, 6.07) is 16.4. The maximum Gasteiger partial charge on any atom is 0.322 e. The van der Waals surface area contributed by atoms with Gasteiger partial charge in [-0.1, -0.05) is 46.3 Å². The number of anilines is 1. The normalized spacial score (nSPS) is 17.9. The first-order valence-corrected chi connectivity index (χ1v) is 12.2. The molecule has 0 radical (unpaired) electrons. The van der Waals surface area contributed by atoms with Gasteiger partial charge in [-0.15, -0.1) is 11.3 Å². The monoisotopic (exact) mass is 480 g/mol. The van der Waals surface area contributed by atoms with Crippen LogP contribution in [-0.4, -0.2) is 17.5 Å². The predicted octanol–water partition coefficient (Wildman–Crippen LogP) is 6.88. The molecule has 1 aromatic heterocycles. The number of hydrogen-bond donors (Lipinski definition) is 1. The minimum atomic E-state index is -0.0254. The first-order valence-electron chi connectivity index (χ1n) is 10.6. The van der Waals surface area contributed by atoms with Crippen molar-refractivity contribution in [1.29, 1.82) is 0 Å².